The predicted octanol–water partition coefficient (Wildman–Crippen LogP) is 1.90. The summed E-state index contributed by atoms with van der Waals surface area (Å²) in [7, 11) is 0. The Morgan fingerprint density at radius 2 is 2.04 bits per heavy atom. The summed E-state index contributed by atoms with van der Waals surface area (Å²) in [6.07, 6.45) is 5.78. The van der Waals surface area contributed by atoms with Gasteiger partial charge in [-0.3, -0.25) is 9.89 Å². The van der Waals surface area contributed by atoms with E-state index in [0.29, 0.717) is 0 Å². The summed E-state index contributed by atoms with van der Waals surface area (Å²) in [6.45, 7) is 11.1. The van der Waals surface area contributed by atoms with Crippen molar-refractivity contribution in [3.63, 3.8) is 0 Å². The van der Waals surface area contributed by atoms with Crippen molar-refractivity contribution in [2.75, 3.05) is 65.7 Å². The van der Waals surface area contributed by atoms with Gasteiger partial charge in [-0.25, -0.2) is 0 Å². The van der Waals surface area contributed by atoms with Crippen LogP contribution in [0.15, 0.2) is 27.8 Å². The number of nitrogens with one attached hydrogen (secondary N) is 2. The second-order valence-electron chi connectivity index (χ2n) is 6.62. The second kappa shape index (κ2) is 14.5. The van der Waals surface area contributed by atoms with Gasteiger partial charge in [0, 0.05) is 58.9 Å². The van der Waals surface area contributed by atoms with E-state index < -0.39 is 0 Å². The smallest absolute Gasteiger partial charge is 0.191 e. The normalized spacial score (nSPS) is 15.8. The minimum Gasteiger partial charge on any atom is -0.469 e. The van der Waals surface area contributed by atoms with Gasteiger partial charge in [0.1, 0.15) is 5.76 Å². The summed E-state index contributed by atoms with van der Waals surface area (Å²) in [4.78, 5) is 7.18. The van der Waals surface area contributed by atoms with E-state index in [1.54, 1.807) is 6.26 Å². The van der Waals surface area contributed by atoms with Crippen LogP contribution in [0.4, 0.5) is 0 Å². The lowest BCUT2D eigenvalue weighted by atomic mass is 10.3. The first-order valence-electron chi connectivity index (χ1n) is 10.3. The number of ether oxygens (including phenoxy) is 2. The number of hydrogen-bond donors (Lipinski definition) is 2. The molecule has 0 radical (unpaired) electrons. The molecule has 2 N–H and O–H groups in total. The molecule has 2 heterocycles. The van der Waals surface area contributed by atoms with Crippen molar-refractivity contribution < 1.29 is 13.9 Å². The topological polar surface area (TPSA) is 71.3 Å². The van der Waals surface area contributed by atoms with E-state index in [9.17, 15) is 0 Å². The molecule has 0 unspecified atom stereocenters. The summed E-state index contributed by atoms with van der Waals surface area (Å²) < 4.78 is 16.2. The lowest BCUT2D eigenvalue weighted by molar-refractivity contribution is 0.0377. The maximum atomic E-state index is 5.39. The van der Waals surface area contributed by atoms with Crippen LogP contribution in [0.3, 0.4) is 0 Å². The van der Waals surface area contributed by atoms with Crippen LogP contribution in [-0.2, 0) is 15.9 Å². The number of guanidine groups is 1. The molecule has 0 spiro atoms. The van der Waals surface area contributed by atoms with Crippen LogP contribution in [0, 0.1) is 0 Å². The molecule has 1 fully saturated rings. The Bertz CT molecular complexity index is 487. The van der Waals surface area contributed by atoms with E-state index >= 15 is 0 Å². The molecule has 154 valence electrons. The molecule has 0 aromatic carbocycles. The van der Waals surface area contributed by atoms with Gasteiger partial charge in [-0.1, -0.05) is 0 Å². The minimum atomic E-state index is 0.789. The third kappa shape index (κ3) is 10.4. The fourth-order valence-corrected chi connectivity index (χ4v) is 2.92. The number of rotatable bonds is 13. The largest absolute Gasteiger partial charge is 0.469 e. The molecule has 0 bridgehead atoms. The molecule has 1 saturated heterocycles. The summed E-state index contributed by atoms with van der Waals surface area (Å²) in [6, 6.07) is 3.93. The van der Waals surface area contributed by atoms with Crippen LogP contribution in [0.25, 0.3) is 0 Å². The predicted molar refractivity (Wildman–Crippen MR) is 108 cm³/mol. The van der Waals surface area contributed by atoms with Crippen molar-refractivity contribution in [1.82, 2.24) is 15.5 Å². The first-order valence-corrected chi connectivity index (χ1v) is 10.3. The molecule has 7 nitrogen and oxygen atoms in total. The molecule has 1 aliphatic rings. The summed E-state index contributed by atoms with van der Waals surface area (Å²) >= 11 is 0. The number of morpholine rings is 1. The highest BCUT2D eigenvalue weighted by Gasteiger charge is 2.09. The summed E-state index contributed by atoms with van der Waals surface area (Å²) in [5.74, 6) is 1.88. The SMILES string of the molecule is CCOCCCCNC(=NCCCN1CCOCC1)NCCc1ccco1. The molecule has 0 aliphatic carbocycles. The van der Waals surface area contributed by atoms with E-state index in [1.807, 2.05) is 19.1 Å². The van der Waals surface area contributed by atoms with Crippen molar-refractivity contribution in [3.8, 4) is 0 Å². The Labute approximate surface area is 163 Å². The van der Waals surface area contributed by atoms with Crippen LogP contribution in [0.5, 0.6) is 0 Å². The van der Waals surface area contributed by atoms with Gasteiger partial charge in [0.15, 0.2) is 5.96 Å². The highest BCUT2D eigenvalue weighted by molar-refractivity contribution is 5.79. The molecule has 1 aromatic heterocycles. The van der Waals surface area contributed by atoms with Gasteiger partial charge in [0.25, 0.3) is 0 Å². The van der Waals surface area contributed by atoms with E-state index in [2.05, 4.69) is 15.5 Å². The zero-order chi connectivity index (χ0) is 19.0. The third-order valence-electron chi connectivity index (χ3n) is 4.46. The van der Waals surface area contributed by atoms with Gasteiger partial charge in [-0.2, -0.15) is 0 Å². The molecule has 0 amide bonds. The Hall–Kier alpha value is -1.57. The highest BCUT2D eigenvalue weighted by atomic mass is 16.5. The average molecular weight is 381 g/mol. The number of hydrogen-bond acceptors (Lipinski definition) is 5. The molecule has 1 aromatic rings. The number of aliphatic imine (C=N–C) groups is 1. The van der Waals surface area contributed by atoms with Gasteiger partial charge in [0.05, 0.1) is 19.5 Å². The zero-order valence-corrected chi connectivity index (χ0v) is 16.8. The Morgan fingerprint density at radius 3 is 2.81 bits per heavy atom. The van der Waals surface area contributed by atoms with Crippen molar-refractivity contribution in [3.05, 3.63) is 24.2 Å². The van der Waals surface area contributed by atoms with Gasteiger partial charge in [-0.15, -0.1) is 0 Å². The lowest BCUT2D eigenvalue weighted by Crippen LogP contribution is -2.39. The van der Waals surface area contributed by atoms with E-state index in [4.69, 9.17) is 18.9 Å². The van der Waals surface area contributed by atoms with Gasteiger partial charge >= 0.3 is 0 Å². The van der Waals surface area contributed by atoms with Crippen LogP contribution in [-0.4, -0.2) is 76.6 Å². The summed E-state index contributed by atoms with van der Waals surface area (Å²) in [5, 5.41) is 6.85. The van der Waals surface area contributed by atoms with E-state index in [1.165, 1.54) is 0 Å². The second-order valence-corrected chi connectivity index (χ2v) is 6.62. The molecule has 27 heavy (non-hydrogen) atoms. The molecule has 0 saturated carbocycles. The van der Waals surface area contributed by atoms with Crippen LogP contribution < -0.4 is 10.6 Å². The molecule has 7 heteroatoms. The van der Waals surface area contributed by atoms with E-state index in [0.717, 1.165) is 103 Å². The lowest BCUT2D eigenvalue weighted by Gasteiger charge is -2.26. The van der Waals surface area contributed by atoms with Crippen molar-refractivity contribution in [1.29, 1.82) is 0 Å². The first kappa shape index (κ1) is 21.7. The number of nitrogens with zero attached hydrogens (tertiary/aromatic N) is 2. The Morgan fingerprint density at radius 1 is 1.19 bits per heavy atom. The average Bonchev–Trinajstić information content (AvgIpc) is 3.21. The fourth-order valence-electron chi connectivity index (χ4n) is 2.92. The van der Waals surface area contributed by atoms with Crippen molar-refractivity contribution in [2.45, 2.75) is 32.6 Å². The quantitative estimate of drug-likeness (QED) is 0.309. The maximum absolute atomic E-state index is 5.39. The van der Waals surface area contributed by atoms with Gasteiger partial charge < -0.3 is 24.5 Å². The first-order chi connectivity index (χ1) is 13.4. The van der Waals surface area contributed by atoms with E-state index in [-0.39, 0.29) is 0 Å². The molecular weight excluding hydrogens is 344 g/mol. The Kier molecular flexibility index (Phi) is 11.7. The molecule has 0 atom stereocenters. The summed E-state index contributed by atoms with van der Waals surface area (Å²) in [5.41, 5.74) is 0. The zero-order valence-electron chi connectivity index (χ0n) is 16.8. The highest BCUT2D eigenvalue weighted by Crippen LogP contribution is 2.00. The van der Waals surface area contributed by atoms with Crippen molar-refractivity contribution in [2.24, 2.45) is 4.99 Å². The molecular formula is C20H36N4O3. The van der Waals surface area contributed by atoms with Gasteiger partial charge in [-0.05, 0) is 38.3 Å². The Balaban J connectivity index is 1.65. The van der Waals surface area contributed by atoms with Gasteiger partial charge in [0.2, 0.25) is 0 Å². The van der Waals surface area contributed by atoms with Crippen LogP contribution in [0.2, 0.25) is 0 Å². The number of furan rings is 1. The standard InChI is InChI=1S/C20H36N4O3/c1-2-25-15-4-3-9-21-20(23-11-8-19-7-5-16-27-19)22-10-6-12-24-13-17-26-18-14-24/h5,7,16H,2-4,6,8-15,17-18H2,1H3,(H2,21,22,23). The number of unbranched alkanes of at least 4 members (excludes halogenated alkanes) is 1. The maximum Gasteiger partial charge on any atom is 0.191 e. The van der Waals surface area contributed by atoms with Crippen LogP contribution in [0.1, 0.15) is 31.9 Å². The third-order valence-corrected chi connectivity index (χ3v) is 4.46. The molecule has 2 rings (SSSR count). The monoisotopic (exact) mass is 380 g/mol. The fraction of sp³-hybridized carbons (Fsp3) is 0.750. The van der Waals surface area contributed by atoms with Crippen LogP contribution >= 0.6 is 0 Å². The minimum absolute atomic E-state index is 0.789. The molecule has 1 aliphatic heterocycles. The van der Waals surface area contributed by atoms with Crippen molar-refractivity contribution >= 4 is 5.96 Å².